The summed E-state index contributed by atoms with van der Waals surface area (Å²) >= 11 is 0. The first-order chi connectivity index (χ1) is 7.20. The Morgan fingerprint density at radius 3 is 2.60 bits per heavy atom. The molecule has 0 bridgehead atoms. The minimum absolute atomic E-state index is 0.119. The van der Waals surface area contributed by atoms with Gasteiger partial charge in [-0.3, -0.25) is 0 Å². The summed E-state index contributed by atoms with van der Waals surface area (Å²) in [6.45, 7) is 2.09. The molecule has 0 spiro atoms. The standard InChI is InChI=1S/C10H11N3O2/c1-7-2-4-8(5-3-7)13-10(14)15-9(6-11)12-13/h2-5H,6,11H2,1H3. The van der Waals surface area contributed by atoms with E-state index in [2.05, 4.69) is 5.10 Å². The molecular weight excluding hydrogens is 194 g/mol. The largest absolute Gasteiger partial charge is 0.442 e. The molecular formula is C10H11N3O2. The van der Waals surface area contributed by atoms with Gasteiger partial charge in [0.25, 0.3) is 0 Å². The molecule has 0 saturated carbocycles. The van der Waals surface area contributed by atoms with Crippen molar-refractivity contribution in [2.45, 2.75) is 13.5 Å². The van der Waals surface area contributed by atoms with E-state index in [1.165, 1.54) is 4.68 Å². The highest BCUT2D eigenvalue weighted by Gasteiger charge is 2.07. The van der Waals surface area contributed by atoms with E-state index in [-0.39, 0.29) is 12.4 Å². The van der Waals surface area contributed by atoms with Crippen LogP contribution in [0.25, 0.3) is 5.69 Å². The summed E-state index contributed by atoms with van der Waals surface area (Å²) in [5.74, 6) is -0.278. The number of aromatic nitrogens is 2. The van der Waals surface area contributed by atoms with Gasteiger partial charge in [0, 0.05) is 0 Å². The summed E-state index contributed by atoms with van der Waals surface area (Å²) in [7, 11) is 0. The Hall–Kier alpha value is -1.88. The van der Waals surface area contributed by atoms with Crippen molar-refractivity contribution in [3.05, 3.63) is 46.3 Å². The molecule has 0 atom stereocenters. The summed E-state index contributed by atoms with van der Waals surface area (Å²) in [4.78, 5) is 11.4. The molecule has 0 aliphatic rings. The lowest BCUT2D eigenvalue weighted by molar-refractivity contribution is 0.460. The second kappa shape index (κ2) is 3.70. The van der Waals surface area contributed by atoms with Gasteiger partial charge in [-0.25, -0.2) is 4.79 Å². The van der Waals surface area contributed by atoms with Crippen molar-refractivity contribution < 1.29 is 4.42 Å². The molecule has 1 aromatic heterocycles. The monoisotopic (exact) mass is 205 g/mol. The summed E-state index contributed by atoms with van der Waals surface area (Å²) in [5.41, 5.74) is 7.12. The van der Waals surface area contributed by atoms with Crippen molar-refractivity contribution in [3.63, 3.8) is 0 Å². The van der Waals surface area contributed by atoms with Crippen LogP contribution in [-0.4, -0.2) is 9.78 Å². The molecule has 1 heterocycles. The van der Waals surface area contributed by atoms with Gasteiger partial charge >= 0.3 is 5.76 Å². The molecule has 0 saturated heterocycles. The number of nitrogens with zero attached hydrogens (tertiary/aromatic N) is 2. The molecule has 0 aliphatic heterocycles. The zero-order valence-corrected chi connectivity index (χ0v) is 8.30. The second-order valence-electron chi connectivity index (χ2n) is 3.21. The number of hydrogen-bond acceptors (Lipinski definition) is 4. The molecule has 2 N–H and O–H groups in total. The Morgan fingerprint density at radius 2 is 2.07 bits per heavy atom. The first kappa shape index (κ1) is 9.67. The maximum absolute atomic E-state index is 11.4. The van der Waals surface area contributed by atoms with Crippen LogP contribution in [0.1, 0.15) is 11.5 Å². The smallest absolute Gasteiger partial charge is 0.391 e. The third kappa shape index (κ3) is 1.82. The van der Waals surface area contributed by atoms with E-state index in [0.29, 0.717) is 5.69 Å². The Labute approximate surface area is 86.1 Å². The maximum atomic E-state index is 11.4. The first-order valence-electron chi connectivity index (χ1n) is 4.57. The van der Waals surface area contributed by atoms with Crippen LogP contribution in [0, 0.1) is 6.92 Å². The van der Waals surface area contributed by atoms with Gasteiger partial charge in [0.1, 0.15) is 0 Å². The SMILES string of the molecule is Cc1ccc(-n2nc(CN)oc2=O)cc1. The fraction of sp³-hybridized carbons (Fsp3) is 0.200. The third-order valence-electron chi connectivity index (χ3n) is 2.04. The first-order valence-corrected chi connectivity index (χ1v) is 4.57. The van der Waals surface area contributed by atoms with Crippen molar-refractivity contribution >= 4 is 0 Å². The third-order valence-corrected chi connectivity index (χ3v) is 2.04. The molecule has 1 aromatic carbocycles. The summed E-state index contributed by atoms with van der Waals surface area (Å²) < 4.78 is 6.02. The fourth-order valence-corrected chi connectivity index (χ4v) is 1.25. The second-order valence-corrected chi connectivity index (χ2v) is 3.21. The van der Waals surface area contributed by atoms with E-state index in [9.17, 15) is 4.79 Å². The minimum Gasteiger partial charge on any atom is -0.391 e. The normalized spacial score (nSPS) is 10.5. The van der Waals surface area contributed by atoms with Crippen LogP contribution in [0.5, 0.6) is 0 Å². The molecule has 0 unspecified atom stereocenters. The van der Waals surface area contributed by atoms with Crippen LogP contribution >= 0.6 is 0 Å². The molecule has 5 heteroatoms. The van der Waals surface area contributed by atoms with E-state index in [1.807, 2.05) is 19.1 Å². The van der Waals surface area contributed by atoms with Crippen LogP contribution in [0.15, 0.2) is 33.5 Å². The van der Waals surface area contributed by atoms with Gasteiger partial charge in [-0.15, -0.1) is 5.10 Å². The zero-order valence-electron chi connectivity index (χ0n) is 8.30. The molecule has 78 valence electrons. The van der Waals surface area contributed by atoms with Crippen LogP contribution in [0.2, 0.25) is 0 Å². The predicted molar refractivity (Wildman–Crippen MR) is 54.7 cm³/mol. The van der Waals surface area contributed by atoms with Crippen molar-refractivity contribution in [1.29, 1.82) is 0 Å². The van der Waals surface area contributed by atoms with Crippen molar-refractivity contribution in [3.8, 4) is 5.69 Å². The molecule has 0 aliphatic carbocycles. The highest BCUT2D eigenvalue weighted by atomic mass is 16.4. The number of nitrogens with two attached hydrogens (primary N) is 1. The van der Waals surface area contributed by atoms with E-state index < -0.39 is 5.76 Å². The van der Waals surface area contributed by atoms with E-state index in [0.717, 1.165) is 5.56 Å². The number of aryl methyl sites for hydroxylation is 1. The minimum atomic E-state index is -0.515. The summed E-state index contributed by atoms with van der Waals surface area (Å²) in [6.07, 6.45) is 0. The van der Waals surface area contributed by atoms with Crippen LogP contribution in [0.4, 0.5) is 0 Å². The Balaban J connectivity index is 2.49. The lowest BCUT2D eigenvalue weighted by atomic mass is 10.2. The average Bonchev–Trinajstić information content (AvgIpc) is 2.61. The molecule has 15 heavy (non-hydrogen) atoms. The number of benzene rings is 1. The highest BCUT2D eigenvalue weighted by Crippen LogP contribution is 2.06. The predicted octanol–water partition coefficient (Wildman–Crippen LogP) is 0.593. The topological polar surface area (TPSA) is 74.1 Å². The van der Waals surface area contributed by atoms with E-state index >= 15 is 0 Å². The lowest BCUT2D eigenvalue weighted by Crippen LogP contribution is -2.13. The highest BCUT2D eigenvalue weighted by molar-refractivity contribution is 5.32. The maximum Gasteiger partial charge on any atom is 0.442 e. The van der Waals surface area contributed by atoms with Gasteiger partial charge in [0.2, 0.25) is 5.89 Å². The fourth-order valence-electron chi connectivity index (χ4n) is 1.25. The molecule has 2 rings (SSSR count). The zero-order chi connectivity index (χ0) is 10.8. The lowest BCUT2D eigenvalue weighted by Gasteiger charge is -1.97. The summed E-state index contributed by atoms with van der Waals surface area (Å²) in [6, 6.07) is 7.41. The van der Waals surface area contributed by atoms with Crippen molar-refractivity contribution in [2.75, 3.05) is 0 Å². The average molecular weight is 205 g/mol. The quantitative estimate of drug-likeness (QED) is 0.778. The van der Waals surface area contributed by atoms with E-state index in [4.69, 9.17) is 10.2 Å². The Morgan fingerprint density at radius 1 is 1.40 bits per heavy atom. The van der Waals surface area contributed by atoms with Crippen LogP contribution in [0.3, 0.4) is 0 Å². The number of rotatable bonds is 2. The summed E-state index contributed by atoms with van der Waals surface area (Å²) in [5, 5.41) is 3.94. The van der Waals surface area contributed by atoms with Crippen LogP contribution < -0.4 is 11.5 Å². The Kier molecular flexibility index (Phi) is 2.39. The molecule has 2 aromatic rings. The van der Waals surface area contributed by atoms with Gasteiger partial charge in [0.15, 0.2) is 0 Å². The molecule has 0 radical (unpaired) electrons. The van der Waals surface area contributed by atoms with Crippen LogP contribution in [-0.2, 0) is 6.54 Å². The molecule has 0 amide bonds. The van der Waals surface area contributed by atoms with Gasteiger partial charge < -0.3 is 10.2 Å². The molecule has 0 fully saturated rings. The van der Waals surface area contributed by atoms with Gasteiger partial charge in [-0.2, -0.15) is 4.68 Å². The van der Waals surface area contributed by atoms with Crippen molar-refractivity contribution in [1.82, 2.24) is 9.78 Å². The number of hydrogen-bond donors (Lipinski definition) is 1. The van der Waals surface area contributed by atoms with Gasteiger partial charge in [-0.1, -0.05) is 17.7 Å². The van der Waals surface area contributed by atoms with Gasteiger partial charge in [0.05, 0.1) is 12.2 Å². The Bertz CT molecular complexity index is 510. The molecule has 5 nitrogen and oxygen atoms in total. The van der Waals surface area contributed by atoms with Gasteiger partial charge in [-0.05, 0) is 19.1 Å². The van der Waals surface area contributed by atoms with Crippen molar-refractivity contribution in [2.24, 2.45) is 5.73 Å². The van der Waals surface area contributed by atoms with E-state index in [1.54, 1.807) is 12.1 Å².